The van der Waals surface area contributed by atoms with Gasteiger partial charge < -0.3 is 4.74 Å². The molecule has 0 atom stereocenters. The SMILES string of the molecule is CC[C@H]1CC[C@H](C2CCC(c3ccc(OC(F)F)cc3)CC2)CC1. The fraction of sp³-hybridized carbons (Fsp3) is 0.714. The molecule has 0 aromatic heterocycles. The fourth-order valence-corrected chi connectivity index (χ4v) is 4.91. The van der Waals surface area contributed by atoms with Gasteiger partial charge in [0.15, 0.2) is 0 Å². The highest BCUT2D eigenvalue weighted by molar-refractivity contribution is 5.29. The second-order valence-electron chi connectivity index (χ2n) is 7.75. The monoisotopic (exact) mass is 336 g/mol. The van der Waals surface area contributed by atoms with E-state index in [2.05, 4.69) is 11.7 Å². The summed E-state index contributed by atoms with van der Waals surface area (Å²) in [4.78, 5) is 0. The number of rotatable bonds is 5. The Labute approximate surface area is 144 Å². The van der Waals surface area contributed by atoms with E-state index in [0.717, 1.165) is 17.8 Å². The Balaban J connectivity index is 1.48. The van der Waals surface area contributed by atoms with Crippen LogP contribution in [0.3, 0.4) is 0 Å². The van der Waals surface area contributed by atoms with Crippen molar-refractivity contribution < 1.29 is 13.5 Å². The second kappa shape index (κ2) is 8.31. The Bertz CT molecular complexity index is 483. The van der Waals surface area contributed by atoms with E-state index in [1.54, 1.807) is 12.1 Å². The summed E-state index contributed by atoms with van der Waals surface area (Å²) in [6.45, 7) is -0.414. The summed E-state index contributed by atoms with van der Waals surface area (Å²) in [5.41, 5.74) is 1.28. The molecule has 0 spiro atoms. The molecule has 0 aliphatic heterocycles. The van der Waals surface area contributed by atoms with Crippen molar-refractivity contribution in [3.8, 4) is 5.75 Å². The van der Waals surface area contributed by atoms with Gasteiger partial charge in [-0.2, -0.15) is 8.78 Å². The molecule has 1 aromatic rings. The first kappa shape index (κ1) is 17.7. The smallest absolute Gasteiger partial charge is 0.387 e. The lowest BCUT2D eigenvalue weighted by atomic mass is 9.68. The Kier molecular flexibility index (Phi) is 6.13. The van der Waals surface area contributed by atoms with Gasteiger partial charge in [-0.15, -0.1) is 0 Å². The van der Waals surface area contributed by atoms with Gasteiger partial charge >= 0.3 is 6.61 Å². The van der Waals surface area contributed by atoms with Gasteiger partial charge in [-0.05, 0) is 79.9 Å². The Morgan fingerprint density at radius 1 is 0.875 bits per heavy atom. The lowest BCUT2D eigenvalue weighted by Crippen LogP contribution is -2.25. The molecular formula is C21H30F2O. The van der Waals surface area contributed by atoms with Crippen LogP contribution in [0.2, 0.25) is 0 Å². The summed E-state index contributed by atoms with van der Waals surface area (Å²) in [7, 11) is 0. The first-order valence-corrected chi connectivity index (χ1v) is 9.70. The van der Waals surface area contributed by atoms with Crippen molar-refractivity contribution >= 4 is 0 Å². The number of hydrogen-bond donors (Lipinski definition) is 0. The van der Waals surface area contributed by atoms with Gasteiger partial charge in [0.05, 0.1) is 0 Å². The van der Waals surface area contributed by atoms with Crippen LogP contribution in [0.5, 0.6) is 5.75 Å². The lowest BCUT2D eigenvalue weighted by molar-refractivity contribution is -0.0498. The molecule has 2 aliphatic rings. The molecule has 0 amide bonds. The quantitative estimate of drug-likeness (QED) is 0.576. The van der Waals surface area contributed by atoms with E-state index < -0.39 is 6.61 Å². The maximum atomic E-state index is 12.2. The van der Waals surface area contributed by atoms with Crippen LogP contribution in [0.15, 0.2) is 24.3 Å². The molecule has 0 bridgehead atoms. The molecule has 134 valence electrons. The van der Waals surface area contributed by atoms with E-state index in [9.17, 15) is 8.78 Å². The molecule has 24 heavy (non-hydrogen) atoms. The van der Waals surface area contributed by atoms with E-state index in [-0.39, 0.29) is 5.75 Å². The third-order valence-corrected chi connectivity index (χ3v) is 6.48. The molecule has 2 saturated carbocycles. The van der Waals surface area contributed by atoms with Crippen LogP contribution in [0.25, 0.3) is 0 Å². The third-order valence-electron chi connectivity index (χ3n) is 6.48. The van der Waals surface area contributed by atoms with Gasteiger partial charge in [-0.3, -0.25) is 0 Å². The fourth-order valence-electron chi connectivity index (χ4n) is 4.91. The normalized spacial score (nSPS) is 31.2. The van der Waals surface area contributed by atoms with Crippen molar-refractivity contribution in [3.05, 3.63) is 29.8 Å². The predicted octanol–water partition coefficient (Wildman–Crippen LogP) is 6.78. The first-order chi connectivity index (χ1) is 11.7. The second-order valence-corrected chi connectivity index (χ2v) is 7.75. The molecule has 0 saturated heterocycles. The number of alkyl halides is 2. The molecule has 2 aliphatic carbocycles. The Morgan fingerprint density at radius 3 is 1.92 bits per heavy atom. The maximum absolute atomic E-state index is 12.2. The number of halogens is 2. The summed E-state index contributed by atoms with van der Waals surface area (Å²) in [5.74, 6) is 3.70. The van der Waals surface area contributed by atoms with E-state index in [1.165, 1.54) is 63.4 Å². The summed E-state index contributed by atoms with van der Waals surface area (Å²) in [5, 5.41) is 0. The number of benzene rings is 1. The van der Waals surface area contributed by atoms with Gasteiger partial charge in [-0.1, -0.05) is 38.3 Å². The minimum Gasteiger partial charge on any atom is -0.435 e. The predicted molar refractivity (Wildman–Crippen MR) is 93.5 cm³/mol. The molecular weight excluding hydrogens is 306 g/mol. The topological polar surface area (TPSA) is 9.23 Å². The zero-order valence-electron chi connectivity index (χ0n) is 14.7. The summed E-state index contributed by atoms with van der Waals surface area (Å²) >= 11 is 0. The van der Waals surface area contributed by atoms with Crippen LogP contribution in [-0.2, 0) is 0 Å². The van der Waals surface area contributed by atoms with E-state index in [4.69, 9.17) is 0 Å². The molecule has 1 aromatic carbocycles. The van der Waals surface area contributed by atoms with Crippen molar-refractivity contribution in [2.75, 3.05) is 0 Å². The van der Waals surface area contributed by atoms with Crippen LogP contribution in [0, 0.1) is 17.8 Å². The van der Waals surface area contributed by atoms with Crippen LogP contribution < -0.4 is 4.74 Å². The zero-order valence-corrected chi connectivity index (χ0v) is 14.7. The van der Waals surface area contributed by atoms with Gasteiger partial charge in [0.1, 0.15) is 5.75 Å². The van der Waals surface area contributed by atoms with Gasteiger partial charge in [0.25, 0.3) is 0 Å². The summed E-state index contributed by atoms with van der Waals surface area (Å²) < 4.78 is 28.9. The maximum Gasteiger partial charge on any atom is 0.387 e. The number of hydrogen-bond acceptors (Lipinski definition) is 1. The third kappa shape index (κ3) is 4.49. The standard InChI is InChI=1S/C21H30F2O/c1-2-15-3-5-16(6-4-15)17-7-9-18(10-8-17)19-11-13-20(14-12-19)24-21(22)23/h11-18,21H,2-10H2,1H3/t15-,16-,17?,18?. The highest BCUT2D eigenvalue weighted by atomic mass is 19.3. The average molecular weight is 336 g/mol. The number of ether oxygens (including phenoxy) is 1. The van der Waals surface area contributed by atoms with Crippen molar-refractivity contribution in [2.24, 2.45) is 17.8 Å². The highest BCUT2D eigenvalue weighted by Gasteiger charge is 2.30. The van der Waals surface area contributed by atoms with Crippen molar-refractivity contribution in [1.82, 2.24) is 0 Å². The lowest BCUT2D eigenvalue weighted by Gasteiger charge is -2.38. The molecule has 2 fully saturated rings. The van der Waals surface area contributed by atoms with Gasteiger partial charge in [-0.25, -0.2) is 0 Å². The van der Waals surface area contributed by atoms with Crippen LogP contribution in [0.1, 0.15) is 76.2 Å². The van der Waals surface area contributed by atoms with Crippen LogP contribution in [-0.4, -0.2) is 6.61 Å². The Hall–Kier alpha value is -1.12. The molecule has 3 heteroatoms. The molecule has 1 nitrogen and oxygen atoms in total. The van der Waals surface area contributed by atoms with E-state index >= 15 is 0 Å². The minimum absolute atomic E-state index is 0.259. The van der Waals surface area contributed by atoms with Gasteiger partial charge in [0.2, 0.25) is 0 Å². The molecule has 0 radical (unpaired) electrons. The van der Waals surface area contributed by atoms with Crippen molar-refractivity contribution in [2.45, 2.75) is 77.2 Å². The first-order valence-electron chi connectivity index (χ1n) is 9.70. The average Bonchev–Trinajstić information content (AvgIpc) is 2.62. The molecule has 0 heterocycles. The van der Waals surface area contributed by atoms with Gasteiger partial charge in [0, 0.05) is 0 Å². The van der Waals surface area contributed by atoms with Crippen LogP contribution in [0.4, 0.5) is 8.78 Å². The van der Waals surface area contributed by atoms with Crippen LogP contribution >= 0.6 is 0 Å². The summed E-state index contributed by atoms with van der Waals surface area (Å²) in [6.07, 6.45) is 12.3. The van der Waals surface area contributed by atoms with E-state index in [0.29, 0.717) is 5.92 Å². The largest absolute Gasteiger partial charge is 0.435 e. The zero-order chi connectivity index (χ0) is 16.9. The molecule has 0 unspecified atom stereocenters. The highest BCUT2D eigenvalue weighted by Crippen LogP contribution is 2.44. The van der Waals surface area contributed by atoms with Crippen molar-refractivity contribution in [3.63, 3.8) is 0 Å². The van der Waals surface area contributed by atoms with Crippen molar-refractivity contribution in [1.29, 1.82) is 0 Å². The summed E-state index contributed by atoms with van der Waals surface area (Å²) in [6, 6.07) is 7.30. The minimum atomic E-state index is -2.74. The molecule has 3 rings (SSSR count). The molecule has 0 N–H and O–H groups in total. The Morgan fingerprint density at radius 2 is 1.42 bits per heavy atom. The van der Waals surface area contributed by atoms with E-state index in [1.807, 2.05) is 12.1 Å².